The summed E-state index contributed by atoms with van der Waals surface area (Å²) < 4.78 is 0. The van der Waals surface area contributed by atoms with Crippen LogP contribution in [0.1, 0.15) is 0 Å². The zero-order chi connectivity index (χ0) is 16.8. The second kappa shape index (κ2) is 5.17. The molecule has 4 aromatic heterocycles. The summed E-state index contributed by atoms with van der Waals surface area (Å²) in [5.41, 5.74) is 4.78. The van der Waals surface area contributed by atoms with E-state index in [1.165, 1.54) is 0 Å². The number of hydrogen-bond acceptors (Lipinski definition) is 3. The Morgan fingerprint density at radius 3 is 2.80 bits per heavy atom. The monoisotopic (exact) mass is 327 g/mol. The van der Waals surface area contributed by atoms with E-state index >= 15 is 0 Å². The third kappa shape index (κ3) is 2.15. The minimum absolute atomic E-state index is 0.179. The van der Waals surface area contributed by atoms with Gasteiger partial charge in [-0.2, -0.15) is 0 Å². The van der Waals surface area contributed by atoms with Crippen LogP contribution in [0.25, 0.3) is 44.6 Å². The Bertz CT molecular complexity index is 1240. The molecule has 0 bridgehead atoms. The van der Waals surface area contributed by atoms with Gasteiger partial charge in [0.1, 0.15) is 11.5 Å². The van der Waals surface area contributed by atoms with Crippen LogP contribution in [0.5, 0.6) is 0 Å². The maximum Gasteiger partial charge on any atom is 0.259 e. The van der Waals surface area contributed by atoms with Gasteiger partial charge in [-0.15, -0.1) is 0 Å². The Morgan fingerprint density at radius 1 is 0.960 bits per heavy atom. The predicted octanol–water partition coefficient (Wildman–Crippen LogP) is 3.46. The number of aromatic nitrogens is 5. The summed E-state index contributed by atoms with van der Waals surface area (Å²) in [5, 5.41) is 1.00. The van der Waals surface area contributed by atoms with Crippen molar-refractivity contribution >= 4 is 22.1 Å². The third-order valence-electron chi connectivity index (χ3n) is 4.32. The standard InChI is InChI=1S/C19H13N5O/c25-19-14(18-23-15-3-1-2-4-16(15)24-18)9-11(10-22-19)12-5-7-20-17-13(12)6-8-21-17/h1-10H,(H,20,21)(H,22,25)(H,23,24). The molecule has 1 aromatic carbocycles. The van der Waals surface area contributed by atoms with Gasteiger partial charge in [-0.25, -0.2) is 9.97 Å². The number of imidazole rings is 1. The van der Waals surface area contributed by atoms with E-state index in [0.29, 0.717) is 11.4 Å². The molecule has 0 aliphatic heterocycles. The van der Waals surface area contributed by atoms with Gasteiger partial charge in [0.15, 0.2) is 0 Å². The Kier molecular flexibility index (Phi) is 2.84. The predicted molar refractivity (Wildman–Crippen MR) is 97.2 cm³/mol. The number of hydrogen-bond donors (Lipinski definition) is 3. The maximum atomic E-state index is 12.4. The highest BCUT2D eigenvalue weighted by Crippen LogP contribution is 2.28. The molecule has 3 N–H and O–H groups in total. The Hall–Kier alpha value is -3.67. The number of rotatable bonds is 2. The average molecular weight is 327 g/mol. The van der Waals surface area contributed by atoms with Gasteiger partial charge in [0.25, 0.3) is 5.56 Å². The molecule has 0 saturated heterocycles. The summed E-state index contributed by atoms with van der Waals surface area (Å²) in [5.74, 6) is 0.559. The van der Waals surface area contributed by atoms with E-state index in [-0.39, 0.29) is 5.56 Å². The van der Waals surface area contributed by atoms with Crippen LogP contribution >= 0.6 is 0 Å². The first-order chi connectivity index (χ1) is 12.3. The fourth-order valence-corrected chi connectivity index (χ4v) is 3.11. The van der Waals surface area contributed by atoms with Crippen molar-refractivity contribution in [2.24, 2.45) is 0 Å². The number of fused-ring (bicyclic) bond motifs is 2. The van der Waals surface area contributed by atoms with Crippen LogP contribution in [-0.2, 0) is 0 Å². The smallest absolute Gasteiger partial charge is 0.259 e. The molecule has 6 heteroatoms. The van der Waals surface area contributed by atoms with Crippen molar-refractivity contribution in [2.45, 2.75) is 0 Å². The molecule has 25 heavy (non-hydrogen) atoms. The molecular weight excluding hydrogens is 314 g/mol. The molecule has 4 heterocycles. The highest BCUT2D eigenvalue weighted by atomic mass is 16.1. The number of nitrogens with one attached hydrogen (secondary N) is 3. The summed E-state index contributed by atoms with van der Waals surface area (Å²) in [4.78, 5) is 30.3. The van der Waals surface area contributed by atoms with Crippen LogP contribution in [0.4, 0.5) is 0 Å². The van der Waals surface area contributed by atoms with Crippen LogP contribution in [0.3, 0.4) is 0 Å². The van der Waals surface area contributed by atoms with Crippen LogP contribution in [0.15, 0.2) is 65.8 Å². The Balaban J connectivity index is 1.73. The van der Waals surface area contributed by atoms with Crippen molar-refractivity contribution in [2.75, 3.05) is 0 Å². The first-order valence-electron chi connectivity index (χ1n) is 7.90. The van der Waals surface area contributed by atoms with Gasteiger partial charge in [0.05, 0.1) is 16.6 Å². The van der Waals surface area contributed by atoms with Crippen molar-refractivity contribution in [3.05, 3.63) is 71.4 Å². The van der Waals surface area contributed by atoms with Crippen molar-refractivity contribution in [3.63, 3.8) is 0 Å². The number of pyridine rings is 2. The number of benzene rings is 1. The molecule has 6 nitrogen and oxygen atoms in total. The SMILES string of the molecule is O=c1[nH]cc(-c2ccnc3[nH]ccc23)cc1-c1nc2ccccc2[nH]1. The molecule has 0 atom stereocenters. The Labute approximate surface area is 141 Å². The summed E-state index contributed by atoms with van der Waals surface area (Å²) in [6.45, 7) is 0. The van der Waals surface area contributed by atoms with Crippen LogP contribution in [0, 0.1) is 0 Å². The lowest BCUT2D eigenvalue weighted by molar-refractivity contribution is 1.21. The normalized spacial score (nSPS) is 11.4. The largest absolute Gasteiger partial charge is 0.346 e. The fourth-order valence-electron chi connectivity index (χ4n) is 3.11. The maximum absolute atomic E-state index is 12.4. The van der Waals surface area contributed by atoms with Crippen molar-refractivity contribution in [1.29, 1.82) is 0 Å². The highest BCUT2D eigenvalue weighted by molar-refractivity contribution is 5.93. The molecule has 0 fully saturated rings. The second-order valence-electron chi connectivity index (χ2n) is 5.83. The number of H-pyrrole nitrogens is 3. The lowest BCUT2D eigenvalue weighted by Crippen LogP contribution is -2.09. The zero-order valence-corrected chi connectivity index (χ0v) is 13.1. The molecular formula is C19H13N5O. The number of nitrogens with zero attached hydrogens (tertiary/aromatic N) is 2. The topological polar surface area (TPSA) is 90.2 Å². The van der Waals surface area contributed by atoms with E-state index in [4.69, 9.17) is 0 Å². The zero-order valence-electron chi connectivity index (χ0n) is 13.1. The quantitative estimate of drug-likeness (QED) is 0.464. The lowest BCUT2D eigenvalue weighted by atomic mass is 10.0. The van der Waals surface area contributed by atoms with Crippen LogP contribution < -0.4 is 5.56 Å². The van der Waals surface area contributed by atoms with Gasteiger partial charge < -0.3 is 15.0 Å². The summed E-state index contributed by atoms with van der Waals surface area (Å²) in [7, 11) is 0. The first kappa shape index (κ1) is 13.7. The fraction of sp³-hybridized carbons (Fsp3) is 0. The van der Waals surface area contributed by atoms with E-state index in [9.17, 15) is 4.79 Å². The van der Waals surface area contributed by atoms with Gasteiger partial charge in [-0.1, -0.05) is 12.1 Å². The highest BCUT2D eigenvalue weighted by Gasteiger charge is 2.12. The van der Waals surface area contributed by atoms with Crippen LogP contribution in [-0.4, -0.2) is 24.9 Å². The molecule has 5 rings (SSSR count). The molecule has 0 amide bonds. The molecule has 120 valence electrons. The van der Waals surface area contributed by atoms with Crippen molar-refractivity contribution in [1.82, 2.24) is 24.9 Å². The minimum atomic E-state index is -0.179. The van der Waals surface area contributed by atoms with E-state index in [1.54, 1.807) is 12.4 Å². The number of aromatic amines is 3. The summed E-state index contributed by atoms with van der Waals surface area (Å²) in [6, 6.07) is 13.5. The van der Waals surface area contributed by atoms with E-state index in [2.05, 4.69) is 24.9 Å². The minimum Gasteiger partial charge on any atom is -0.346 e. The average Bonchev–Trinajstić information content (AvgIpc) is 3.28. The van der Waals surface area contributed by atoms with Crippen molar-refractivity contribution < 1.29 is 0 Å². The summed E-state index contributed by atoms with van der Waals surface area (Å²) >= 11 is 0. The molecule has 0 unspecified atom stereocenters. The molecule has 0 spiro atoms. The van der Waals surface area contributed by atoms with E-state index in [0.717, 1.165) is 33.2 Å². The van der Waals surface area contributed by atoms with Gasteiger partial charge in [-0.05, 0) is 41.5 Å². The Morgan fingerprint density at radius 2 is 1.88 bits per heavy atom. The van der Waals surface area contributed by atoms with Gasteiger partial charge >= 0.3 is 0 Å². The van der Waals surface area contributed by atoms with Crippen LogP contribution in [0.2, 0.25) is 0 Å². The second-order valence-corrected chi connectivity index (χ2v) is 5.83. The molecule has 0 radical (unpaired) electrons. The van der Waals surface area contributed by atoms with Gasteiger partial charge in [0.2, 0.25) is 0 Å². The van der Waals surface area contributed by atoms with Gasteiger partial charge in [-0.3, -0.25) is 4.79 Å². The lowest BCUT2D eigenvalue weighted by Gasteiger charge is -2.05. The van der Waals surface area contributed by atoms with E-state index in [1.807, 2.05) is 48.7 Å². The third-order valence-corrected chi connectivity index (χ3v) is 4.32. The summed E-state index contributed by atoms with van der Waals surface area (Å²) in [6.07, 6.45) is 5.32. The van der Waals surface area contributed by atoms with Gasteiger partial charge in [0, 0.05) is 24.0 Å². The molecule has 5 aromatic rings. The van der Waals surface area contributed by atoms with Crippen molar-refractivity contribution in [3.8, 4) is 22.5 Å². The van der Waals surface area contributed by atoms with E-state index < -0.39 is 0 Å². The first-order valence-corrected chi connectivity index (χ1v) is 7.90. The molecule has 0 aliphatic rings. The molecule has 0 aliphatic carbocycles. The number of para-hydroxylation sites is 2. The molecule has 0 saturated carbocycles.